The van der Waals surface area contributed by atoms with Crippen LogP contribution in [0.4, 0.5) is 0 Å². The van der Waals surface area contributed by atoms with Gasteiger partial charge in [-0.2, -0.15) is 0 Å². The summed E-state index contributed by atoms with van der Waals surface area (Å²) in [5, 5.41) is 2.38. The summed E-state index contributed by atoms with van der Waals surface area (Å²) in [7, 11) is 0. The molecular weight excluding hydrogens is 112 g/mol. The molecule has 0 aromatic carbocycles. The molecule has 0 amide bonds. The summed E-state index contributed by atoms with van der Waals surface area (Å²) in [6.45, 7) is 0. The topological polar surface area (TPSA) is 28.7 Å². The standard InChI is InChI=1S/C7H6N2/c1-2-8-4-7-5-9-3-6(1)7/h1-5,9H. The van der Waals surface area contributed by atoms with Crippen LogP contribution in [0.3, 0.4) is 0 Å². The molecular formula is C7H6N2. The molecule has 44 valence electrons. The lowest BCUT2D eigenvalue weighted by molar-refractivity contribution is 1.37. The van der Waals surface area contributed by atoms with E-state index in [9.17, 15) is 0 Å². The van der Waals surface area contributed by atoms with Gasteiger partial charge >= 0.3 is 0 Å². The van der Waals surface area contributed by atoms with Gasteiger partial charge in [0.15, 0.2) is 0 Å². The second kappa shape index (κ2) is 1.58. The van der Waals surface area contributed by atoms with Gasteiger partial charge in [0.25, 0.3) is 0 Å². The molecule has 0 aliphatic heterocycles. The summed E-state index contributed by atoms with van der Waals surface area (Å²) in [5.41, 5.74) is 0. The zero-order chi connectivity index (χ0) is 6.10. The van der Waals surface area contributed by atoms with E-state index in [0.717, 1.165) is 5.39 Å². The van der Waals surface area contributed by atoms with Crippen molar-refractivity contribution in [2.45, 2.75) is 0 Å². The van der Waals surface area contributed by atoms with Gasteiger partial charge in [-0.3, -0.25) is 4.98 Å². The number of nitrogens with one attached hydrogen (secondary N) is 1. The van der Waals surface area contributed by atoms with Crippen LogP contribution < -0.4 is 0 Å². The second-order valence-corrected chi connectivity index (χ2v) is 1.96. The minimum atomic E-state index is 1.16. The fourth-order valence-electron chi connectivity index (χ4n) is 0.891. The Labute approximate surface area is 52.5 Å². The molecule has 9 heavy (non-hydrogen) atoms. The fourth-order valence-corrected chi connectivity index (χ4v) is 0.891. The van der Waals surface area contributed by atoms with E-state index in [0.29, 0.717) is 0 Å². The third-order valence-corrected chi connectivity index (χ3v) is 1.36. The summed E-state index contributed by atoms with van der Waals surface area (Å²) in [6, 6.07) is 1.98. The molecule has 0 spiro atoms. The third kappa shape index (κ3) is 0.598. The molecule has 2 heterocycles. The fraction of sp³-hybridized carbons (Fsp3) is 0. The summed E-state index contributed by atoms with van der Waals surface area (Å²) in [6.07, 6.45) is 7.52. The first kappa shape index (κ1) is 4.56. The van der Waals surface area contributed by atoms with E-state index in [1.165, 1.54) is 5.39 Å². The third-order valence-electron chi connectivity index (χ3n) is 1.36. The molecule has 0 bridgehead atoms. The van der Waals surface area contributed by atoms with Gasteiger partial charge in [0.05, 0.1) is 0 Å². The van der Waals surface area contributed by atoms with Crippen LogP contribution in [0.5, 0.6) is 0 Å². The molecule has 1 N–H and O–H groups in total. The molecule has 0 saturated carbocycles. The van der Waals surface area contributed by atoms with Crippen LogP contribution >= 0.6 is 0 Å². The number of aromatic amines is 1. The van der Waals surface area contributed by atoms with Gasteiger partial charge < -0.3 is 4.98 Å². The smallest absolute Gasteiger partial charge is 0.0361 e. The molecule has 0 radical (unpaired) electrons. The van der Waals surface area contributed by atoms with Gasteiger partial charge in [-0.1, -0.05) is 0 Å². The number of H-pyrrole nitrogens is 1. The zero-order valence-electron chi connectivity index (χ0n) is 4.83. The normalized spacial score (nSPS) is 10.2. The Morgan fingerprint density at radius 2 is 2.11 bits per heavy atom. The maximum absolute atomic E-state index is 3.97. The van der Waals surface area contributed by atoms with Gasteiger partial charge in [0, 0.05) is 35.6 Å². The van der Waals surface area contributed by atoms with Gasteiger partial charge in [0.2, 0.25) is 0 Å². The molecule has 2 aromatic rings. The number of pyridine rings is 1. The lowest BCUT2D eigenvalue weighted by atomic mass is 10.3. The number of nitrogens with zero attached hydrogens (tertiary/aromatic N) is 1. The Morgan fingerprint density at radius 1 is 1.22 bits per heavy atom. The van der Waals surface area contributed by atoms with Crippen LogP contribution in [-0.2, 0) is 0 Å². The predicted molar refractivity (Wildman–Crippen MR) is 36.1 cm³/mol. The van der Waals surface area contributed by atoms with Crippen LogP contribution in [0, 0.1) is 0 Å². The number of hydrogen-bond donors (Lipinski definition) is 1. The SMILES string of the molecule is c1cc2c[nH]cc2cn1. The Kier molecular flexibility index (Phi) is 0.803. The van der Waals surface area contributed by atoms with Crippen LogP contribution in [0.25, 0.3) is 10.8 Å². The van der Waals surface area contributed by atoms with Crippen LogP contribution in [0.2, 0.25) is 0 Å². The van der Waals surface area contributed by atoms with Crippen molar-refractivity contribution >= 4 is 10.8 Å². The van der Waals surface area contributed by atoms with E-state index in [-0.39, 0.29) is 0 Å². The van der Waals surface area contributed by atoms with E-state index in [1.54, 1.807) is 6.20 Å². The van der Waals surface area contributed by atoms with Crippen molar-refractivity contribution in [2.24, 2.45) is 0 Å². The highest BCUT2D eigenvalue weighted by Gasteiger charge is 1.87. The molecule has 2 aromatic heterocycles. The summed E-state index contributed by atoms with van der Waals surface area (Å²) in [5.74, 6) is 0. The van der Waals surface area contributed by atoms with Crippen molar-refractivity contribution < 1.29 is 0 Å². The van der Waals surface area contributed by atoms with Crippen LogP contribution in [0.1, 0.15) is 0 Å². The molecule has 0 atom stereocenters. The van der Waals surface area contributed by atoms with Gasteiger partial charge in [0.1, 0.15) is 0 Å². The molecule has 0 aliphatic carbocycles. The first-order valence-electron chi connectivity index (χ1n) is 2.83. The molecule has 0 fully saturated rings. The highest BCUT2D eigenvalue weighted by molar-refractivity contribution is 5.80. The second-order valence-electron chi connectivity index (χ2n) is 1.96. The van der Waals surface area contributed by atoms with Crippen molar-refractivity contribution in [1.29, 1.82) is 0 Å². The van der Waals surface area contributed by atoms with E-state index in [1.807, 2.05) is 24.7 Å². The predicted octanol–water partition coefficient (Wildman–Crippen LogP) is 1.56. The number of hydrogen-bond acceptors (Lipinski definition) is 1. The first-order valence-corrected chi connectivity index (χ1v) is 2.83. The average molecular weight is 118 g/mol. The quantitative estimate of drug-likeness (QED) is 0.558. The first-order chi connectivity index (χ1) is 4.47. The Bertz CT molecular complexity index is 281. The molecule has 2 rings (SSSR count). The maximum atomic E-state index is 3.97. The number of fused-ring (bicyclic) bond motifs is 1. The summed E-state index contributed by atoms with van der Waals surface area (Å²) < 4.78 is 0. The van der Waals surface area contributed by atoms with Crippen molar-refractivity contribution in [3.8, 4) is 0 Å². The van der Waals surface area contributed by atoms with Crippen LogP contribution in [0.15, 0.2) is 30.9 Å². The number of rotatable bonds is 0. The Balaban J connectivity index is 2.95. The van der Waals surface area contributed by atoms with Crippen molar-refractivity contribution in [3.63, 3.8) is 0 Å². The summed E-state index contributed by atoms with van der Waals surface area (Å²) >= 11 is 0. The lowest BCUT2D eigenvalue weighted by Gasteiger charge is -1.81. The largest absolute Gasteiger partial charge is 0.366 e. The highest BCUT2D eigenvalue weighted by atomic mass is 14.7. The maximum Gasteiger partial charge on any atom is 0.0361 e. The lowest BCUT2D eigenvalue weighted by Crippen LogP contribution is -1.65. The molecule has 0 unspecified atom stereocenters. The van der Waals surface area contributed by atoms with Crippen molar-refractivity contribution in [2.75, 3.05) is 0 Å². The van der Waals surface area contributed by atoms with Gasteiger partial charge in [-0.05, 0) is 6.07 Å². The molecule has 0 aliphatic rings. The van der Waals surface area contributed by atoms with Crippen molar-refractivity contribution in [1.82, 2.24) is 9.97 Å². The van der Waals surface area contributed by atoms with E-state index >= 15 is 0 Å². The molecule has 2 heteroatoms. The average Bonchev–Trinajstić information content (AvgIpc) is 2.33. The van der Waals surface area contributed by atoms with E-state index in [4.69, 9.17) is 0 Å². The van der Waals surface area contributed by atoms with Gasteiger partial charge in [-0.25, -0.2) is 0 Å². The van der Waals surface area contributed by atoms with Gasteiger partial charge in [-0.15, -0.1) is 0 Å². The monoisotopic (exact) mass is 118 g/mol. The zero-order valence-corrected chi connectivity index (χ0v) is 4.83. The Hall–Kier alpha value is -1.31. The van der Waals surface area contributed by atoms with Crippen molar-refractivity contribution in [3.05, 3.63) is 30.9 Å². The minimum Gasteiger partial charge on any atom is -0.366 e. The van der Waals surface area contributed by atoms with E-state index < -0.39 is 0 Å². The Morgan fingerprint density at radius 3 is 3.00 bits per heavy atom. The molecule has 0 saturated heterocycles. The van der Waals surface area contributed by atoms with E-state index in [2.05, 4.69) is 9.97 Å². The van der Waals surface area contributed by atoms with Crippen LogP contribution in [-0.4, -0.2) is 9.97 Å². The highest BCUT2D eigenvalue weighted by Crippen LogP contribution is 2.08. The molecule has 2 nitrogen and oxygen atoms in total. The summed E-state index contributed by atoms with van der Waals surface area (Å²) in [4.78, 5) is 6.96. The number of aromatic nitrogens is 2. The minimum absolute atomic E-state index is 1.16.